The van der Waals surface area contributed by atoms with E-state index in [9.17, 15) is 8.42 Å². The van der Waals surface area contributed by atoms with Crippen LogP contribution in [0.3, 0.4) is 0 Å². The van der Waals surface area contributed by atoms with E-state index in [-0.39, 0.29) is 0 Å². The molecule has 160 valence electrons. The van der Waals surface area contributed by atoms with Gasteiger partial charge >= 0.3 is 0 Å². The second-order valence-corrected chi connectivity index (χ2v) is 7.80. The normalized spacial score (nSPS) is 11.2. The fraction of sp³-hybridized carbons (Fsp3) is 0.217. The lowest BCUT2D eigenvalue weighted by atomic mass is 9.99. The van der Waals surface area contributed by atoms with Gasteiger partial charge in [-0.05, 0) is 41.6 Å². The number of hydrogen-bond donors (Lipinski definition) is 2. The van der Waals surface area contributed by atoms with E-state index < -0.39 is 10.9 Å². The highest BCUT2D eigenvalue weighted by molar-refractivity contribution is 7.73. The highest BCUT2D eigenvalue weighted by Crippen LogP contribution is 2.35. The third-order valence-electron chi connectivity index (χ3n) is 5.25. The molecule has 0 aliphatic heterocycles. The highest BCUT2D eigenvalue weighted by Gasteiger charge is 2.14. The van der Waals surface area contributed by atoms with Crippen molar-refractivity contribution in [2.24, 2.45) is 0 Å². The Morgan fingerprint density at radius 1 is 1.00 bits per heavy atom. The van der Waals surface area contributed by atoms with E-state index in [1.54, 1.807) is 26.4 Å². The lowest BCUT2D eigenvalue weighted by Gasteiger charge is -2.14. The molecule has 0 aliphatic rings. The van der Waals surface area contributed by atoms with Crippen LogP contribution in [0, 0.1) is 0 Å². The Morgan fingerprint density at radius 3 is 2.42 bits per heavy atom. The number of rotatable bonds is 7. The van der Waals surface area contributed by atoms with E-state index in [1.807, 2.05) is 36.5 Å². The molecule has 1 N–H and O–H groups in total. The Morgan fingerprint density at radius 2 is 1.74 bits per heavy atom. The van der Waals surface area contributed by atoms with Gasteiger partial charge in [-0.2, -0.15) is 0 Å². The number of hydrogen-bond acceptors (Lipinski definition) is 6. The standard InChI is InChI=1S/C23H23N3O4S/c1-4-19-18-12-22(30-3)21(29-2)11-17(18)15(13-24-19)10-16-9-8-14-6-5-7-20(23(14)25-16)26-31(27)28/h5-9,11-13,31H,4,10H2,1-3H3,(H,26,27,28). The van der Waals surface area contributed by atoms with Crippen molar-refractivity contribution in [1.29, 1.82) is 0 Å². The van der Waals surface area contributed by atoms with Gasteiger partial charge < -0.3 is 9.47 Å². The van der Waals surface area contributed by atoms with E-state index in [0.29, 0.717) is 29.1 Å². The van der Waals surface area contributed by atoms with E-state index in [0.717, 1.165) is 39.5 Å². The summed E-state index contributed by atoms with van der Waals surface area (Å²) in [5.74, 6) is 1.32. The number of thiol groups is 1. The van der Waals surface area contributed by atoms with Gasteiger partial charge in [-0.1, -0.05) is 25.1 Å². The van der Waals surface area contributed by atoms with E-state index >= 15 is 0 Å². The molecule has 4 aromatic rings. The van der Waals surface area contributed by atoms with Gasteiger partial charge in [0.2, 0.25) is 10.9 Å². The van der Waals surface area contributed by atoms with Crippen molar-refractivity contribution >= 4 is 38.3 Å². The Kier molecular flexibility index (Phi) is 5.90. The molecule has 4 rings (SSSR count). The summed E-state index contributed by atoms with van der Waals surface area (Å²) in [5.41, 5.74) is 3.87. The van der Waals surface area contributed by atoms with Gasteiger partial charge in [0.25, 0.3) is 0 Å². The maximum Gasteiger partial charge on any atom is 0.222 e. The predicted octanol–water partition coefficient (Wildman–Crippen LogP) is 3.89. The van der Waals surface area contributed by atoms with Crippen molar-refractivity contribution in [3.63, 3.8) is 0 Å². The lowest BCUT2D eigenvalue weighted by molar-refractivity contribution is 0.356. The molecule has 0 amide bonds. The topological polar surface area (TPSA) is 90.4 Å². The minimum absolute atomic E-state index is 0.464. The summed E-state index contributed by atoms with van der Waals surface area (Å²) >= 11 is 0. The molecule has 8 heteroatoms. The van der Waals surface area contributed by atoms with Gasteiger partial charge in [0.1, 0.15) is 0 Å². The van der Waals surface area contributed by atoms with Crippen molar-refractivity contribution in [1.82, 2.24) is 9.97 Å². The van der Waals surface area contributed by atoms with Gasteiger partial charge in [0.15, 0.2) is 11.5 Å². The number of anilines is 1. The van der Waals surface area contributed by atoms with E-state index in [1.165, 1.54) is 0 Å². The Balaban J connectivity index is 1.83. The van der Waals surface area contributed by atoms with E-state index in [4.69, 9.17) is 14.5 Å². The van der Waals surface area contributed by atoms with Gasteiger partial charge in [0, 0.05) is 34.8 Å². The van der Waals surface area contributed by atoms with Crippen LogP contribution in [-0.2, 0) is 23.7 Å². The number of fused-ring (bicyclic) bond motifs is 2. The number of benzene rings is 2. The first kappa shape index (κ1) is 20.9. The third kappa shape index (κ3) is 4.11. The monoisotopic (exact) mass is 437 g/mol. The maximum atomic E-state index is 11.2. The molecule has 0 bridgehead atoms. The lowest BCUT2D eigenvalue weighted by Crippen LogP contribution is -2.01. The van der Waals surface area contributed by atoms with Crippen LogP contribution in [0.5, 0.6) is 11.5 Å². The second kappa shape index (κ2) is 8.77. The zero-order valence-electron chi connectivity index (χ0n) is 17.5. The number of ether oxygens (including phenoxy) is 2. The van der Waals surface area contributed by atoms with Crippen LogP contribution in [0.15, 0.2) is 48.7 Å². The Bertz CT molecular complexity index is 1340. The van der Waals surface area contributed by atoms with Crippen molar-refractivity contribution in [2.45, 2.75) is 19.8 Å². The first-order valence-corrected chi connectivity index (χ1v) is 11.0. The number of aromatic nitrogens is 2. The Labute approximate surface area is 182 Å². The molecule has 0 saturated heterocycles. The molecule has 7 nitrogen and oxygen atoms in total. The number of nitrogens with one attached hydrogen (secondary N) is 1. The van der Waals surface area contributed by atoms with Crippen LogP contribution in [0.2, 0.25) is 0 Å². The molecule has 0 unspecified atom stereocenters. The van der Waals surface area contributed by atoms with Crippen molar-refractivity contribution in [3.05, 3.63) is 65.6 Å². The number of aryl methyl sites for hydroxylation is 1. The molecule has 0 radical (unpaired) electrons. The smallest absolute Gasteiger partial charge is 0.222 e. The molecule has 0 aliphatic carbocycles. The van der Waals surface area contributed by atoms with E-state index in [2.05, 4.69) is 16.6 Å². The molecule has 0 spiro atoms. The first-order valence-electron chi connectivity index (χ1n) is 9.86. The summed E-state index contributed by atoms with van der Waals surface area (Å²) < 4.78 is 35.8. The summed E-state index contributed by atoms with van der Waals surface area (Å²) in [6, 6.07) is 13.2. The van der Waals surface area contributed by atoms with Crippen molar-refractivity contribution < 1.29 is 17.9 Å². The maximum absolute atomic E-state index is 11.2. The number of pyridine rings is 2. The zero-order valence-corrected chi connectivity index (χ0v) is 18.4. The second-order valence-electron chi connectivity index (χ2n) is 7.06. The van der Waals surface area contributed by atoms with Crippen LogP contribution in [0.4, 0.5) is 5.69 Å². The fourth-order valence-electron chi connectivity index (χ4n) is 3.77. The van der Waals surface area contributed by atoms with Gasteiger partial charge in [-0.25, -0.2) is 8.42 Å². The number of nitrogens with zero attached hydrogens (tertiary/aromatic N) is 2. The molecular formula is C23H23N3O4S. The van der Waals surface area contributed by atoms with Crippen LogP contribution in [0.1, 0.15) is 23.9 Å². The largest absolute Gasteiger partial charge is 0.493 e. The molecule has 2 aromatic heterocycles. The molecule has 2 heterocycles. The quantitative estimate of drug-likeness (QED) is 0.426. The van der Waals surface area contributed by atoms with Gasteiger partial charge in [-0.3, -0.25) is 14.7 Å². The van der Waals surface area contributed by atoms with Crippen molar-refractivity contribution in [3.8, 4) is 11.5 Å². The minimum atomic E-state index is -2.77. The molecule has 0 fully saturated rings. The van der Waals surface area contributed by atoms with Crippen LogP contribution in [-0.4, -0.2) is 32.6 Å². The van der Waals surface area contributed by atoms with Gasteiger partial charge in [-0.15, -0.1) is 0 Å². The fourth-order valence-corrected chi connectivity index (χ4v) is 4.15. The SMILES string of the molecule is CCc1ncc(Cc2ccc3cccc(N[SH](=O)=O)c3n2)c2cc(OC)c(OC)cc12. The highest BCUT2D eigenvalue weighted by atomic mass is 32.2. The third-order valence-corrected chi connectivity index (χ3v) is 5.68. The molecule has 0 saturated carbocycles. The minimum Gasteiger partial charge on any atom is -0.493 e. The number of para-hydroxylation sites is 1. The van der Waals surface area contributed by atoms with Gasteiger partial charge in [0.05, 0.1) is 25.4 Å². The molecule has 2 aromatic carbocycles. The average molecular weight is 438 g/mol. The van der Waals surface area contributed by atoms with Crippen LogP contribution >= 0.6 is 0 Å². The summed E-state index contributed by atoms with van der Waals surface area (Å²) in [7, 11) is 0.461. The number of methoxy groups -OCH3 is 2. The average Bonchev–Trinajstić information content (AvgIpc) is 2.78. The molecule has 31 heavy (non-hydrogen) atoms. The summed E-state index contributed by atoms with van der Waals surface area (Å²) in [4.78, 5) is 9.39. The van der Waals surface area contributed by atoms with Crippen LogP contribution < -0.4 is 14.2 Å². The first-order chi connectivity index (χ1) is 15.0. The van der Waals surface area contributed by atoms with Crippen LogP contribution in [0.25, 0.3) is 21.7 Å². The summed E-state index contributed by atoms with van der Waals surface area (Å²) in [6.07, 6.45) is 3.21. The Hall–Kier alpha value is -3.39. The molecule has 0 atom stereocenters. The predicted molar refractivity (Wildman–Crippen MR) is 123 cm³/mol. The summed E-state index contributed by atoms with van der Waals surface area (Å²) in [6.45, 7) is 2.07. The van der Waals surface area contributed by atoms with Crippen molar-refractivity contribution in [2.75, 3.05) is 18.9 Å². The zero-order chi connectivity index (χ0) is 22.0. The summed E-state index contributed by atoms with van der Waals surface area (Å²) in [5, 5.41) is 2.91. The molecular weight excluding hydrogens is 414 g/mol.